The maximum absolute atomic E-state index is 5.61. The molecule has 0 aliphatic heterocycles. The molecular weight excluding hydrogens is 226 g/mol. The van der Waals surface area contributed by atoms with E-state index < -0.39 is 0 Å². The van der Waals surface area contributed by atoms with Crippen molar-refractivity contribution in [1.29, 1.82) is 0 Å². The first-order chi connectivity index (χ1) is 8.88. The Hall–Kier alpha value is -1.65. The van der Waals surface area contributed by atoms with Crippen molar-refractivity contribution in [1.82, 2.24) is 9.78 Å². The first-order valence-corrected chi connectivity index (χ1v) is 6.21. The molecule has 0 amide bonds. The summed E-state index contributed by atoms with van der Waals surface area (Å²) in [5, 5.41) is 4.26. The summed E-state index contributed by atoms with van der Waals surface area (Å²) < 4.78 is 7.51. The largest absolute Gasteiger partial charge is 0.375 e. The molecule has 1 aromatic heterocycles. The number of nitrogens with zero attached hydrogens (tertiary/aromatic N) is 2. The minimum Gasteiger partial charge on any atom is -0.375 e. The fourth-order valence-corrected chi connectivity index (χ4v) is 1.75. The third-order valence-corrected chi connectivity index (χ3v) is 2.70. The van der Waals surface area contributed by atoms with Crippen molar-refractivity contribution >= 4 is 0 Å². The lowest BCUT2D eigenvalue weighted by Gasteiger charge is -2.04. The van der Waals surface area contributed by atoms with Gasteiger partial charge in [-0.05, 0) is 24.1 Å². The highest BCUT2D eigenvalue weighted by Crippen LogP contribution is 2.01. The van der Waals surface area contributed by atoms with Crippen LogP contribution < -0.4 is 5.73 Å². The molecule has 4 heteroatoms. The van der Waals surface area contributed by atoms with Gasteiger partial charge in [0.05, 0.1) is 26.0 Å². The third-order valence-electron chi connectivity index (χ3n) is 2.70. The van der Waals surface area contributed by atoms with E-state index in [-0.39, 0.29) is 0 Å². The van der Waals surface area contributed by atoms with Crippen molar-refractivity contribution in [2.45, 2.75) is 19.6 Å². The molecular formula is C14H19N3O. The Morgan fingerprint density at radius 1 is 1.17 bits per heavy atom. The van der Waals surface area contributed by atoms with Gasteiger partial charge in [0.1, 0.15) is 0 Å². The van der Waals surface area contributed by atoms with Crippen LogP contribution in [0.15, 0.2) is 42.7 Å². The second-order valence-electron chi connectivity index (χ2n) is 4.19. The lowest BCUT2D eigenvalue weighted by atomic mass is 10.2. The molecule has 18 heavy (non-hydrogen) atoms. The normalized spacial score (nSPS) is 10.7. The zero-order valence-electron chi connectivity index (χ0n) is 10.5. The van der Waals surface area contributed by atoms with Crippen molar-refractivity contribution in [2.75, 3.05) is 13.2 Å². The van der Waals surface area contributed by atoms with Gasteiger partial charge in [-0.3, -0.25) is 4.68 Å². The Morgan fingerprint density at radius 3 is 2.78 bits per heavy atom. The van der Waals surface area contributed by atoms with Gasteiger partial charge in [-0.2, -0.15) is 5.10 Å². The fourth-order valence-electron chi connectivity index (χ4n) is 1.75. The van der Waals surface area contributed by atoms with Gasteiger partial charge in [0, 0.05) is 6.20 Å². The van der Waals surface area contributed by atoms with Crippen molar-refractivity contribution in [2.24, 2.45) is 5.73 Å². The zero-order valence-corrected chi connectivity index (χ0v) is 10.5. The van der Waals surface area contributed by atoms with E-state index in [0.717, 1.165) is 13.0 Å². The minimum absolute atomic E-state index is 0.651. The fraction of sp³-hybridized carbons (Fsp3) is 0.357. The molecule has 0 saturated heterocycles. The van der Waals surface area contributed by atoms with Crippen LogP contribution in [-0.4, -0.2) is 22.9 Å². The van der Waals surface area contributed by atoms with Crippen LogP contribution >= 0.6 is 0 Å². The van der Waals surface area contributed by atoms with Crippen molar-refractivity contribution in [3.8, 4) is 0 Å². The molecule has 0 aliphatic carbocycles. The summed E-state index contributed by atoms with van der Waals surface area (Å²) in [7, 11) is 0. The van der Waals surface area contributed by atoms with Crippen LogP contribution in [0.2, 0.25) is 0 Å². The van der Waals surface area contributed by atoms with Crippen LogP contribution in [0.4, 0.5) is 0 Å². The molecule has 0 unspecified atom stereocenters. The van der Waals surface area contributed by atoms with E-state index in [2.05, 4.69) is 17.2 Å². The summed E-state index contributed by atoms with van der Waals surface area (Å²) in [6.45, 7) is 2.75. The van der Waals surface area contributed by atoms with E-state index in [1.807, 2.05) is 35.3 Å². The summed E-state index contributed by atoms with van der Waals surface area (Å²) in [5.41, 5.74) is 7.87. The number of hydrogen-bond acceptors (Lipinski definition) is 3. The highest BCUT2D eigenvalue weighted by atomic mass is 16.5. The molecule has 0 fully saturated rings. The van der Waals surface area contributed by atoms with Crippen LogP contribution in [0, 0.1) is 0 Å². The van der Waals surface area contributed by atoms with Gasteiger partial charge in [-0.25, -0.2) is 0 Å². The second-order valence-corrected chi connectivity index (χ2v) is 4.19. The number of hydrogen-bond donors (Lipinski definition) is 1. The molecule has 96 valence electrons. The highest BCUT2D eigenvalue weighted by Gasteiger charge is 1.98. The van der Waals surface area contributed by atoms with Crippen molar-refractivity contribution < 1.29 is 4.74 Å². The topological polar surface area (TPSA) is 53.1 Å². The van der Waals surface area contributed by atoms with Crippen LogP contribution in [0.5, 0.6) is 0 Å². The monoisotopic (exact) mass is 245 g/mol. The average molecular weight is 245 g/mol. The molecule has 1 aromatic carbocycles. The molecule has 1 heterocycles. The third kappa shape index (κ3) is 3.98. The number of benzene rings is 1. The van der Waals surface area contributed by atoms with E-state index in [0.29, 0.717) is 19.8 Å². The summed E-state index contributed by atoms with van der Waals surface area (Å²) in [4.78, 5) is 0. The van der Waals surface area contributed by atoms with Crippen LogP contribution in [0.3, 0.4) is 0 Å². The summed E-state index contributed by atoms with van der Waals surface area (Å²) in [6, 6.07) is 10.2. The van der Waals surface area contributed by atoms with E-state index in [4.69, 9.17) is 10.5 Å². The number of ether oxygens (including phenoxy) is 1. The first kappa shape index (κ1) is 12.8. The number of nitrogens with two attached hydrogens (primary N) is 1. The molecule has 0 radical (unpaired) electrons. The Morgan fingerprint density at radius 2 is 2.00 bits per heavy atom. The zero-order chi connectivity index (χ0) is 12.6. The van der Waals surface area contributed by atoms with Crippen molar-refractivity contribution in [3.05, 3.63) is 53.9 Å². The molecule has 0 spiro atoms. The van der Waals surface area contributed by atoms with Gasteiger partial charge in [0.25, 0.3) is 0 Å². The van der Waals surface area contributed by atoms with E-state index in [1.165, 1.54) is 11.1 Å². The van der Waals surface area contributed by atoms with Gasteiger partial charge in [-0.1, -0.05) is 30.3 Å². The maximum atomic E-state index is 5.61. The summed E-state index contributed by atoms with van der Waals surface area (Å²) in [6.07, 6.45) is 4.77. The molecule has 2 aromatic rings. The lowest BCUT2D eigenvalue weighted by molar-refractivity contribution is 0.111. The average Bonchev–Trinajstić information content (AvgIpc) is 2.84. The second kappa shape index (κ2) is 6.93. The molecule has 0 bridgehead atoms. The minimum atomic E-state index is 0.651. The summed E-state index contributed by atoms with van der Waals surface area (Å²) >= 11 is 0. The van der Waals surface area contributed by atoms with E-state index in [9.17, 15) is 0 Å². The van der Waals surface area contributed by atoms with Gasteiger partial charge < -0.3 is 10.5 Å². The smallest absolute Gasteiger partial charge is 0.0717 e. The van der Waals surface area contributed by atoms with Crippen molar-refractivity contribution in [3.63, 3.8) is 0 Å². The van der Waals surface area contributed by atoms with E-state index >= 15 is 0 Å². The predicted molar refractivity (Wildman–Crippen MR) is 71.1 cm³/mol. The first-order valence-electron chi connectivity index (χ1n) is 6.21. The van der Waals surface area contributed by atoms with Gasteiger partial charge in [0.2, 0.25) is 0 Å². The number of aromatic nitrogens is 2. The molecule has 4 nitrogen and oxygen atoms in total. The SMILES string of the molecule is NCCc1cnn(CCOCc2ccccc2)c1. The van der Waals surface area contributed by atoms with Crippen LogP contribution in [0.1, 0.15) is 11.1 Å². The Balaban J connectivity index is 1.68. The molecule has 0 atom stereocenters. The van der Waals surface area contributed by atoms with Gasteiger partial charge >= 0.3 is 0 Å². The lowest BCUT2D eigenvalue weighted by Crippen LogP contribution is -2.06. The summed E-state index contributed by atoms with van der Waals surface area (Å²) in [5.74, 6) is 0. The standard InChI is InChI=1S/C14H19N3O/c15-7-6-14-10-16-17(11-14)8-9-18-12-13-4-2-1-3-5-13/h1-5,10-11H,6-9,12,15H2. The van der Waals surface area contributed by atoms with Gasteiger partial charge in [-0.15, -0.1) is 0 Å². The van der Waals surface area contributed by atoms with E-state index in [1.54, 1.807) is 0 Å². The molecule has 0 aliphatic rings. The molecule has 2 rings (SSSR count). The Bertz CT molecular complexity index is 453. The predicted octanol–water partition coefficient (Wildman–Crippen LogP) is 1.60. The Labute approximate surface area is 107 Å². The van der Waals surface area contributed by atoms with Crippen LogP contribution in [-0.2, 0) is 24.3 Å². The van der Waals surface area contributed by atoms with Crippen LogP contribution in [0.25, 0.3) is 0 Å². The quantitative estimate of drug-likeness (QED) is 0.754. The highest BCUT2D eigenvalue weighted by molar-refractivity contribution is 5.13. The maximum Gasteiger partial charge on any atom is 0.0717 e. The van der Waals surface area contributed by atoms with Gasteiger partial charge in [0.15, 0.2) is 0 Å². The molecule has 0 saturated carbocycles. The number of rotatable bonds is 7. The Kier molecular flexibility index (Phi) is 4.93. The molecule has 2 N–H and O–H groups in total.